The van der Waals surface area contributed by atoms with Gasteiger partial charge in [0.15, 0.2) is 5.78 Å². The lowest BCUT2D eigenvalue weighted by molar-refractivity contribution is 0.0991. The van der Waals surface area contributed by atoms with E-state index in [-0.39, 0.29) is 12.2 Å². The second-order valence-corrected chi connectivity index (χ2v) is 9.56. The number of aromatic nitrogens is 5. The summed E-state index contributed by atoms with van der Waals surface area (Å²) in [5.74, 6) is 0.929. The average molecular weight is 454 g/mol. The minimum absolute atomic E-state index is 0.0376. The minimum Gasteiger partial charge on any atom is -0.357 e. The van der Waals surface area contributed by atoms with Crippen LogP contribution in [-0.2, 0) is 13.5 Å². The highest BCUT2D eigenvalue weighted by atomic mass is 16.1. The van der Waals surface area contributed by atoms with Crippen molar-refractivity contribution in [1.82, 2.24) is 30.0 Å². The molecule has 172 valence electrons. The third-order valence-corrected chi connectivity index (χ3v) is 7.19. The summed E-state index contributed by atoms with van der Waals surface area (Å²) in [4.78, 5) is 29.3. The number of fused-ring (bicyclic) bond motifs is 1. The number of Topliss-reactive ketones (excluding diaryl/α,β-unsaturated/α-hetero) is 1. The Morgan fingerprint density at radius 3 is 2.68 bits per heavy atom. The zero-order valence-electron chi connectivity index (χ0n) is 19.2. The first-order valence-electron chi connectivity index (χ1n) is 11.8. The first-order valence-corrected chi connectivity index (χ1v) is 11.8. The molecular formula is C26H27N7O. The lowest BCUT2D eigenvalue weighted by Gasteiger charge is -2.48. The van der Waals surface area contributed by atoms with E-state index in [9.17, 15) is 4.79 Å². The zero-order valence-corrected chi connectivity index (χ0v) is 19.2. The van der Waals surface area contributed by atoms with Gasteiger partial charge in [0.05, 0.1) is 29.5 Å². The predicted octanol–water partition coefficient (Wildman–Crippen LogP) is 3.04. The fraction of sp³-hybridized carbons (Fsp3) is 0.346. The number of ketones is 1. The van der Waals surface area contributed by atoms with Crippen LogP contribution in [0.4, 0.5) is 5.82 Å². The van der Waals surface area contributed by atoms with Crippen molar-refractivity contribution in [2.24, 2.45) is 12.5 Å². The van der Waals surface area contributed by atoms with Crippen LogP contribution in [0, 0.1) is 5.41 Å². The fourth-order valence-electron chi connectivity index (χ4n) is 4.94. The summed E-state index contributed by atoms with van der Waals surface area (Å²) in [6.07, 6.45) is 9.84. The molecule has 0 bridgehead atoms. The quantitative estimate of drug-likeness (QED) is 0.465. The summed E-state index contributed by atoms with van der Waals surface area (Å²) >= 11 is 0. The van der Waals surface area contributed by atoms with Gasteiger partial charge in [-0.1, -0.05) is 0 Å². The van der Waals surface area contributed by atoms with Crippen molar-refractivity contribution in [3.63, 3.8) is 0 Å². The van der Waals surface area contributed by atoms with E-state index in [2.05, 4.69) is 25.3 Å². The summed E-state index contributed by atoms with van der Waals surface area (Å²) in [6, 6.07) is 9.60. The zero-order chi connectivity index (χ0) is 23.1. The van der Waals surface area contributed by atoms with E-state index in [4.69, 9.17) is 4.98 Å². The van der Waals surface area contributed by atoms with Gasteiger partial charge in [0.25, 0.3) is 0 Å². The van der Waals surface area contributed by atoms with Crippen molar-refractivity contribution >= 4 is 22.5 Å². The molecule has 0 amide bonds. The number of nitrogens with zero attached hydrogens (tertiary/aromatic N) is 6. The van der Waals surface area contributed by atoms with Crippen LogP contribution in [0.2, 0.25) is 0 Å². The van der Waals surface area contributed by atoms with Crippen LogP contribution in [-0.4, -0.2) is 56.7 Å². The number of rotatable bonds is 5. The molecule has 4 aromatic heterocycles. The van der Waals surface area contributed by atoms with Gasteiger partial charge in [-0.15, -0.1) is 0 Å². The molecule has 0 aromatic carbocycles. The van der Waals surface area contributed by atoms with E-state index in [1.54, 1.807) is 29.3 Å². The van der Waals surface area contributed by atoms with Crippen LogP contribution < -0.4 is 10.2 Å². The standard InChI is InChI=1S/C26H27N7O/c1-32-15-20(14-30-32)22-3-2-19-13-29-21(11-23(19)31-22)12-24(34)18-4-7-28-25(10-18)33-8-5-26(6-9-33)16-27-17-26/h2-4,7,10-11,13-15,27H,5-6,8-9,12,16-17H2,1H3. The van der Waals surface area contributed by atoms with Crippen molar-refractivity contribution in [2.75, 3.05) is 31.1 Å². The molecule has 8 nitrogen and oxygen atoms in total. The van der Waals surface area contributed by atoms with Crippen LogP contribution in [0.25, 0.3) is 22.2 Å². The number of hydrogen-bond donors (Lipinski definition) is 1. The molecule has 1 spiro atoms. The van der Waals surface area contributed by atoms with E-state index < -0.39 is 0 Å². The van der Waals surface area contributed by atoms with Crippen molar-refractivity contribution in [3.05, 3.63) is 66.4 Å². The molecular weight excluding hydrogens is 426 g/mol. The van der Waals surface area contributed by atoms with E-state index in [0.717, 1.165) is 54.2 Å². The van der Waals surface area contributed by atoms with Gasteiger partial charge in [-0.25, -0.2) is 9.97 Å². The van der Waals surface area contributed by atoms with E-state index >= 15 is 0 Å². The lowest BCUT2D eigenvalue weighted by Crippen LogP contribution is -2.58. The first kappa shape index (κ1) is 20.9. The van der Waals surface area contributed by atoms with Crippen molar-refractivity contribution in [1.29, 1.82) is 0 Å². The highest BCUT2D eigenvalue weighted by molar-refractivity contribution is 5.98. The maximum absolute atomic E-state index is 13.1. The summed E-state index contributed by atoms with van der Waals surface area (Å²) in [6.45, 7) is 4.24. The van der Waals surface area contributed by atoms with Crippen LogP contribution >= 0.6 is 0 Å². The van der Waals surface area contributed by atoms with Crippen LogP contribution in [0.15, 0.2) is 55.1 Å². The SMILES string of the molecule is Cn1cc(-c2ccc3cnc(CC(=O)c4ccnc(N5CCC6(CC5)CNC6)c4)cc3n2)cn1. The Morgan fingerprint density at radius 1 is 1.09 bits per heavy atom. The van der Waals surface area contributed by atoms with Gasteiger partial charge in [0.2, 0.25) is 0 Å². The molecule has 8 heteroatoms. The summed E-state index contributed by atoms with van der Waals surface area (Å²) in [5, 5.41) is 8.57. The Kier molecular flexibility index (Phi) is 5.10. The number of carbonyl (C=O) groups is 1. The maximum atomic E-state index is 13.1. The largest absolute Gasteiger partial charge is 0.357 e. The molecule has 1 N–H and O–H groups in total. The summed E-state index contributed by atoms with van der Waals surface area (Å²) in [7, 11) is 1.89. The van der Waals surface area contributed by atoms with Crippen molar-refractivity contribution < 1.29 is 4.79 Å². The number of nitrogens with one attached hydrogen (secondary N) is 1. The fourth-order valence-corrected chi connectivity index (χ4v) is 4.94. The van der Waals surface area contributed by atoms with Gasteiger partial charge >= 0.3 is 0 Å². The Labute approximate surface area is 198 Å². The highest BCUT2D eigenvalue weighted by Gasteiger charge is 2.39. The monoisotopic (exact) mass is 453 g/mol. The molecule has 0 atom stereocenters. The normalized spacial score (nSPS) is 17.1. The topological polar surface area (TPSA) is 88.8 Å². The number of pyridine rings is 3. The molecule has 6 heterocycles. The Hall–Kier alpha value is -3.65. The molecule has 2 saturated heterocycles. The lowest BCUT2D eigenvalue weighted by atomic mass is 9.73. The maximum Gasteiger partial charge on any atom is 0.169 e. The number of hydrogen-bond acceptors (Lipinski definition) is 7. The Morgan fingerprint density at radius 2 is 1.94 bits per heavy atom. The third-order valence-electron chi connectivity index (χ3n) is 7.19. The molecule has 34 heavy (non-hydrogen) atoms. The first-order chi connectivity index (χ1) is 16.6. The third kappa shape index (κ3) is 3.94. The van der Waals surface area contributed by atoms with Crippen LogP contribution in [0.1, 0.15) is 28.9 Å². The number of anilines is 1. The molecule has 0 aliphatic carbocycles. The number of carbonyl (C=O) groups excluding carboxylic acids is 1. The van der Waals surface area contributed by atoms with E-state index in [0.29, 0.717) is 16.7 Å². The minimum atomic E-state index is 0.0376. The van der Waals surface area contributed by atoms with Crippen molar-refractivity contribution in [2.45, 2.75) is 19.3 Å². The van der Waals surface area contributed by atoms with Crippen LogP contribution in [0.3, 0.4) is 0 Å². The molecule has 6 rings (SSSR count). The molecule has 2 aliphatic rings. The van der Waals surface area contributed by atoms with Gasteiger partial charge in [0, 0.05) is 68.3 Å². The molecule has 0 radical (unpaired) electrons. The van der Waals surface area contributed by atoms with Gasteiger partial charge in [-0.05, 0) is 48.6 Å². The Bertz CT molecular complexity index is 1360. The Balaban J connectivity index is 1.19. The molecule has 4 aromatic rings. The van der Waals surface area contributed by atoms with Gasteiger partial charge < -0.3 is 10.2 Å². The van der Waals surface area contributed by atoms with E-state index in [1.165, 1.54) is 12.8 Å². The molecule has 0 saturated carbocycles. The predicted molar refractivity (Wildman–Crippen MR) is 131 cm³/mol. The average Bonchev–Trinajstić information content (AvgIpc) is 3.29. The summed E-state index contributed by atoms with van der Waals surface area (Å²) in [5.41, 5.74) is 4.50. The van der Waals surface area contributed by atoms with Gasteiger partial charge in [-0.3, -0.25) is 14.5 Å². The van der Waals surface area contributed by atoms with Gasteiger partial charge in [0.1, 0.15) is 5.82 Å². The van der Waals surface area contributed by atoms with Crippen molar-refractivity contribution in [3.8, 4) is 11.3 Å². The van der Waals surface area contributed by atoms with Crippen LogP contribution in [0.5, 0.6) is 0 Å². The summed E-state index contributed by atoms with van der Waals surface area (Å²) < 4.78 is 1.76. The van der Waals surface area contributed by atoms with E-state index in [1.807, 2.05) is 37.5 Å². The molecule has 2 aliphatic heterocycles. The number of piperidine rings is 1. The second kappa shape index (κ2) is 8.29. The number of aryl methyl sites for hydroxylation is 1. The molecule has 0 unspecified atom stereocenters. The second-order valence-electron chi connectivity index (χ2n) is 9.56. The molecule has 2 fully saturated rings. The highest BCUT2D eigenvalue weighted by Crippen LogP contribution is 2.36. The van der Waals surface area contributed by atoms with Gasteiger partial charge in [-0.2, -0.15) is 5.10 Å². The smallest absolute Gasteiger partial charge is 0.169 e.